The molecule has 4 aliphatic carbocycles. The number of thioether (sulfide) groups is 2. The molecule has 0 spiro atoms. The maximum absolute atomic E-state index is 13.8. The Balaban J connectivity index is 0.953. The number of nitriles is 1. The zero-order valence-corrected chi connectivity index (χ0v) is 41.5. The lowest BCUT2D eigenvalue weighted by atomic mass is 9.69. The van der Waals surface area contributed by atoms with Gasteiger partial charge in [0.1, 0.15) is 11.5 Å². The van der Waals surface area contributed by atoms with Gasteiger partial charge in [-0.3, -0.25) is 19.2 Å². The fraction of sp³-hybridized carbons (Fsp3) is 0.623. The molecule has 0 atom stereocenters. The molecule has 1 aromatic carbocycles. The van der Waals surface area contributed by atoms with Crippen LogP contribution in [-0.2, 0) is 47.7 Å². The second kappa shape index (κ2) is 26.8. The Hall–Kier alpha value is -5.06. The van der Waals surface area contributed by atoms with E-state index in [0.29, 0.717) is 119 Å². The number of ether oxygens (including phenoxy) is 6. The van der Waals surface area contributed by atoms with E-state index >= 15 is 0 Å². The molecule has 1 aromatic rings. The van der Waals surface area contributed by atoms with E-state index < -0.39 is 11.9 Å². The molecule has 0 aromatic heterocycles. The third-order valence-electron chi connectivity index (χ3n) is 14.7. The molecule has 0 unspecified atom stereocenters. The minimum absolute atomic E-state index is 0.0803. The van der Waals surface area contributed by atoms with Crippen molar-refractivity contribution in [3.8, 4) is 17.6 Å². The number of carbonyl (C=O) groups is 6. The summed E-state index contributed by atoms with van der Waals surface area (Å²) in [6, 6.07) is 3.70. The van der Waals surface area contributed by atoms with E-state index in [9.17, 15) is 34.0 Å². The maximum atomic E-state index is 13.8. The minimum atomic E-state index is -0.461. The predicted molar refractivity (Wildman–Crippen MR) is 258 cm³/mol. The van der Waals surface area contributed by atoms with Crippen LogP contribution < -0.4 is 9.47 Å². The van der Waals surface area contributed by atoms with Gasteiger partial charge in [0.15, 0.2) is 0 Å². The lowest BCUT2D eigenvalue weighted by Crippen LogP contribution is -2.32. The predicted octanol–water partition coefficient (Wildman–Crippen LogP) is 10.9. The summed E-state index contributed by atoms with van der Waals surface area (Å²) in [5.74, 6) is -0.00137. The summed E-state index contributed by atoms with van der Waals surface area (Å²) < 4.78 is 33.8. The fourth-order valence-electron chi connectivity index (χ4n) is 10.7. The van der Waals surface area contributed by atoms with Gasteiger partial charge in [-0.05, 0) is 171 Å². The number of hydrogen-bond donors (Lipinski definition) is 0. The van der Waals surface area contributed by atoms with E-state index in [1.54, 1.807) is 6.07 Å². The highest BCUT2D eigenvalue weighted by molar-refractivity contribution is 8.24. The van der Waals surface area contributed by atoms with E-state index in [-0.39, 0.29) is 66.5 Å². The van der Waals surface area contributed by atoms with Gasteiger partial charge >= 0.3 is 35.8 Å². The van der Waals surface area contributed by atoms with Gasteiger partial charge in [0.2, 0.25) is 0 Å². The average molecular weight is 987 g/mol. The van der Waals surface area contributed by atoms with Crippen LogP contribution in [0.3, 0.4) is 0 Å². The highest BCUT2D eigenvalue weighted by Crippen LogP contribution is 2.60. The number of hydrogen-bond acceptors (Lipinski definition) is 15. The molecule has 1 heterocycles. The van der Waals surface area contributed by atoms with Crippen molar-refractivity contribution in [2.45, 2.75) is 145 Å². The lowest BCUT2D eigenvalue weighted by molar-refractivity contribution is -0.151. The summed E-state index contributed by atoms with van der Waals surface area (Å²) in [7, 11) is 0. The number of unbranched alkanes of at least 4 members (excludes halogenated alkanes) is 2. The fourth-order valence-corrected chi connectivity index (χ4v) is 13.2. The highest BCUT2D eigenvalue weighted by atomic mass is 32.2. The summed E-state index contributed by atoms with van der Waals surface area (Å²) in [6.07, 6.45) is 18.1. The van der Waals surface area contributed by atoms with Crippen LogP contribution in [0.4, 0.5) is 0 Å². The monoisotopic (exact) mass is 986 g/mol. The molecule has 69 heavy (non-hydrogen) atoms. The molecule has 5 aliphatic rings. The summed E-state index contributed by atoms with van der Waals surface area (Å²) in [5.41, 5.74) is 0.539. The number of allylic oxidation sites excluding steroid dienone is 1. The molecule has 0 N–H and O–H groups in total. The first-order valence-electron chi connectivity index (χ1n) is 24.8. The molecular weight excluding hydrogens is 921 g/mol. The quantitative estimate of drug-likeness (QED) is 0.0228. The summed E-state index contributed by atoms with van der Waals surface area (Å²) in [6.45, 7) is 17.3. The van der Waals surface area contributed by atoms with Crippen molar-refractivity contribution in [2.24, 2.45) is 47.3 Å². The van der Waals surface area contributed by atoms with Crippen molar-refractivity contribution in [1.29, 1.82) is 5.26 Å². The van der Waals surface area contributed by atoms with Gasteiger partial charge in [-0.2, -0.15) is 0 Å². The van der Waals surface area contributed by atoms with E-state index in [2.05, 4.69) is 18.0 Å². The molecule has 16 heteroatoms. The van der Waals surface area contributed by atoms with Gasteiger partial charge in [0.25, 0.3) is 5.70 Å². The Kier molecular flexibility index (Phi) is 20.7. The van der Waals surface area contributed by atoms with Gasteiger partial charge < -0.3 is 28.4 Å². The third kappa shape index (κ3) is 15.0. The molecule has 14 nitrogen and oxygen atoms in total. The van der Waals surface area contributed by atoms with Crippen molar-refractivity contribution < 1.29 is 57.2 Å². The number of esters is 6. The van der Waals surface area contributed by atoms with Crippen LogP contribution in [-0.4, -0.2) is 62.2 Å². The van der Waals surface area contributed by atoms with Crippen molar-refractivity contribution >= 4 is 59.3 Å². The molecular formula is C53H66N2O12S2. The largest absolute Gasteiger partial charge is 0.465 e. The van der Waals surface area contributed by atoms with Crippen LogP contribution in [0.2, 0.25) is 0 Å². The molecule has 0 bridgehead atoms. The normalized spacial score (nSPS) is 26.1. The summed E-state index contributed by atoms with van der Waals surface area (Å²) in [5, 5.41) is 9.76. The first kappa shape index (κ1) is 53.3. The Bertz CT molecular complexity index is 2150. The number of nitrogens with zero attached hydrogens (tertiary/aromatic N) is 2. The third-order valence-corrected chi connectivity index (χ3v) is 17.3. The zero-order valence-electron chi connectivity index (χ0n) is 39.8. The van der Waals surface area contributed by atoms with Crippen LogP contribution in [0.15, 0.2) is 51.1 Å². The van der Waals surface area contributed by atoms with Gasteiger partial charge in [-0.25, -0.2) is 19.7 Å². The van der Waals surface area contributed by atoms with E-state index in [0.717, 1.165) is 89.2 Å². The number of rotatable bonds is 20. The van der Waals surface area contributed by atoms with Gasteiger partial charge in [-0.1, -0.05) is 36.7 Å². The van der Waals surface area contributed by atoms with E-state index in [1.165, 1.54) is 23.5 Å². The number of carbonyl (C=O) groups excluding carboxylic acids is 6. The Morgan fingerprint density at radius 2 is 0.957 bits per heavy atom. The van der Waals surface area contributed by atoms with Gasteiger partial charge in [-0.15, -0.1) is 0 Å². The SMILES string of the molecule is [C-]#[N+]/C(C#N)=C1\Sc2c(OC(=O)C3CCC(C4CCC(C(=O)OCCCCOC(=O)C=C)CC4)CC3)cc(C)c(OC(=O)C3CCC(C4CCC(C(=O)OCCCCOC(=O)C=C)CC4)CC3)c2S1. The number of benzene rings is 1. The molecule has 1 aliphatic heterocycles. The van der Waals surface area contributed by atoms with Gasteiger partial charge in [0, 0.05) is 12.2 Å². The second-order valence-corrected chi connectivity index (χ2v) is 21.3. The molecule has 0 radical (unpaired) electrons. The first-order chi connectivity index (χ1) is 33.4. The summed E-state index contributed by atoms with van der Waals surface area (Å²) >= 11 is 2.38. The number of fused-ring (bicyclic) bond motifs is 1. The topological polar surface area (TPSA) is 186 Å². The van der Waals surface area contributed by atoms with Crippen LogP contribution in [0, 0.1) is 72.2 Å². The smallest absolute Gasteiger partial charge is 0.330 e. The molecule has 4 fully saturated rings. The zero-order chi connectivity index (χ0) is 49.3. The van der Waals surface area contributed by atoms with Gasteiger partial charge in [0.05, 0.1) is 76.8 Å². The molecule has 6 rings (SSSR count). The number of aryl methyl sites for hydroxylation is 1. The lowest BCUT2D eigenvalue weighted by Gasteiger charge is -2.37. The molecule has 4 saturated carbocycles. The van der Waals surface area contributed by atoms with Crippen molar-refractivity contribution in [3.05, 3.63) is 58.3 Å². The molecule has 372 valence electrons. The van der Waals surface area contributed by atoms with Crippen molar-refractivity contribution in [2.75, 3.05) is 26.4 Å². The Morgan fingerprint density at radius 3 is 1.33 bits per heavy atom. The Morgan fingerprint density at radius 1 is 0.594 bits per heavy atom. The second-order valence-electron chi connectivity index (χ2n) is 19.0. The van der Waals surface area contributed by atoms with Crippen LogP contribution >= 0.6 is 23.5 Å². The summed E-state index contributed by atoms with van der Waals surface area (Å²) in [4.78, 5) is 80.0. The minimum Gasteiger partial charge on any atom is -0.465 e. The maximum Gasteiger partial charge on any atom is 0.330 e. The van der Waals surface area contributed by atoms with E-state index in [1.807, 2.05) is 13.0 Å². The van der Waals surface area contributed by atoms with E-state index in [4.69, 9.17) is 35.0 Å². The van der Waals surface area contributed by atoms with Crippen molar-refractivity contribution in [3.63, 3.8) is 0 Å². The van der Waals surface area contributed by atoms with Crippen LogP contribution in [0.5, 0.6) is 11.5 Å². The molecule has 0 amide bonds. The van der Waals surface area contributed by atoms with Crippen LogP contribution in [0.25, 0.3) is 4.85 Å². The Labute approximate surface area is 414 Å². The van der Waals surface area contributed by atoms with Crippen molar-refractivity contribution in [1.82, 2.24) is 0 Å². The highest BCUT2D eigenvalue weighted by Gasteiger charge is 2.39. The average Bonchev–Trinajstić information content (AvgIpc) is 3.82. The first-order valence-corrected chi connectivity index (χ1v) is 26.5. The standard InChI is InChI=1S/C53H66N2O12S2/c1-5-44(56)62-27-7-9-29-64-49(58)38-19-11-34(12-20-38)36-15-23-40(24-16-36)51(60)66-43-31-33(3)46(48-47(43)68-53(69-48)42(32-54)55-4)67-52(61)41-25-17-37(18-26-41)35-13-21-39(22-14-35)50(59)65-30-10-8-28-63-45(57)6-2/h5-6,31,34-41H,1-2,7-30H2,3H3/b53-42+. The molecule has 0 saturated heterocycles. The van der Waals surface area contributed by atoms with Crippen LogP contribution in [0.1, 0.15) is 134 Å².